The van der Waals surface area contributed by atoms with Crippen LogP contribution in [0.15, 0.2) is 22.8 Å². The summed E-state index contributed by atoms with van der Waals surface area (Å²) in [5.74, 6) is 0.757. The van der Waals surface area contributed by atoms with E-state index in [4.69, 9.17) is 14.4 Å². The van der Waals surface area contributed by atoms with Gasteiger partial charge in [-0.05, 0) is 19.1 Å². The number of furan rings is 1. The zero-order valence-corrected chi connectivity index (χ0v) is 12.3. The molecule has 1 aromatic rings. The van der Waals surface area contributed by atoms with Crippen LogP contribution in [0.4, 0.5) is 0 Å². The monoisotopic (exact) mass is 291 g/mol. The fraction of sp³-hybridized carbons (Fsp3) is 0.600. The summed E-state index contributed by atoms with van der Waals surface area (Å²) in [4.78, 5) is 16.2. The Balaban J connectivity index is 1.91. The first-order valence-corrected chi connectivity index (χ1v) is 7.20. The van der Waals surface area contributed by atoms with Crippen LogP contribution in [0.1, 0.15) is 19.1 Å². The zero-order valence-electron chi connectivity index (χ0n) is 12.3. The summed E-state index contributed by atoms with van der Waals surface area (Å²) in [6.45, 7) is 5.39. The van der Waals surface area contributed by atoms with E-state index in [0.717, 1.165) is 18.8 Å². The van der Waals surface area contributed by atoms with Crippen molar-refractivity contribution in [1.29, 1.82) is 5.26 Å². The molecule has 0 saturated carbocycles. The third-order valence-corrected chi connectivity index (χ3v) is 3.46. The first-order chi connectivity index (χ1) is 10.2. The van der Waals surface area contributed by atoms with Crippen LogP contribution in [0.5, 0.6) is 0 Å². The summed E-state index contributed by atoms with van der Waals surface area (Å²) >= 11 is 0. The molecule has 1 atom stereocenters. The Hall–Kier alpha value is -1.84. The van der Waals surface area contributed by atoms with Crippen LogP contribution >= 0.6 is 0 Å². The van der Waals surface area contributed by atoms with Crippen molar-refractivity contribution in [1.82, 2.24) is 9.80 Å². The maximum Gasteiger partial charge on any atom is 0.237 e. The van der Waals surface area contributed by atoms with E-state index in [9.17, 15) is 4.79 Å². The summed E-state index contributed by atoms with van der Waals surface area (Å²) in [5.41, 5.74) is 0. The lowest BCUT2D eigenvalue weighted by Crippen LogP contribution is -2.47. The SMILES string of the molecule is C[C@H]1CN(CC(=O)N(CCC#N)Cc2ccco2)CCO1. The normalized spacial score (nSPS) is 19.1. The Morgan fingerprint density at radius 2 is 2.48 bits per heavy atom. The van der Waals surface area contributed by atoms with Gasteiger partial charge in [0.2, 0.25) is 5.91 Å². The first kappa shape index (κ1) is 15.5. The van der Waals surface area contributed by atoms with E-state index in [1.807, 2.05) is 13.0 Å². The van der Waals surface area contributed by atoms with Crippen LogP contribution < -0.4 is 0 Å². The minimum Gasteiger partial charge on any atom is -0.467 e. The van der Waals surface area contributed by atoms with Gasteiger partial charge in [-0.15, -0.1) is 0 Å². The molecule has 1 aromatic heterocycles. The van der Waals surface area contributed by atoms with Gasteiger partial charge in [0.1, 0.15) is 5.76 Å². The molecule has 21 heavy (non-hydrogen) atoms. The lowest BCUT2D eigenvalue weighted by Gasteiger charge is -2.32. The summed E-state index contributed by atoms with van der Waals surface area (Å²) in [5, 5.41) is 8.74. The second-order valence-corrected chi connectivity index (χ2v) is 5.22. The van der Waals surface area contributed by atoms with Crippen LogP contribution in [0.3, 0.4) is 0 Å². The topological polar surface area (TPSA) is 69.7 Å². The molecule has 1 saturated heterocycles. The first-order valence-electron chi connectivity index (χ1n) is 7.20. The highest BCUT2D eigenvalue weighted by atomic mass is 16.5. The fourth-order valence-electron chi connectivity index (χ4n) is 2.39. The molecule has 0 N–H and O–H groups in total. The number of rotatable bonds is 6. The maximum absolute atomic E-state index is 12.4. The minimum absolute atomic E-state index is 0.0238. The minimum atomic E-state index is 0.0238. The number of hydrogen-bond donors (Lipinski definition) is 0. The second kappa shape index (κ2) is 7.81. The maximum atomic E-state index is 12.4. The molecule has 1 aliphatic heterocycles. The third-order valence-electron chi connectivity index (χ3n) is 3.46. The highest BCUT2D eigenvalue weighted by molar-refractivity contribution is 5.78. The number of amides is 1. The highest BCUT2D eigenvalue weighted by Gasteiger charge is 2.22. The Morgan fingerprint density at radius 3 is 3.14 bits per heavy atom. The second-order valence-electron chi connectivity index (χ2n) is 5.22. The van der Waals surface area contributed by atoms with Gasteiger partial charge in [-0.25, -0.2) is 0 Å². The fourth-order valence-corrected chi connectivity index (χ4v) is 2.39. The van der Waals surface area contributed by atoms with Gasteiger partial charge in [-0.3, -0.25) is 9.69 Å². The predicted molar refractivity (Wildman–Crippen MR) is 76.2 cm³/mol. The number of carbonyl (C=O) groups is 1. The summed E-state index contributed by atoms with van der Waals surface area (Å²) in [6, 6.07) is 5.72. The Labute approximate surface area is 124 Å². The lowest BCUT2D eigenvalue weighted by atomic mass is 10.2. The third kappa shape index (κ3) is 4.88. The molecule has 0 radical (unpaired) electrons. The van der Waals surface area contributed by atoms with Crippen LogP contribution in [-0.2, 0) is 16.1 Å². The van der Waals surface area contributed by atoms with Crippen LogP contribution in [0, 0.1) is 11.3 Å². The van der Waals surface area contributed by atoms with Gasteiger partial charge in [0.25, 0.3) is 0 Å². The Kier molecular flexibility index (Phi) is 5.78. The predicted octanol–water partition coefficient (Wildman–Crippen LogP) is 1.24. The molecule has 2 heterocycles. The molecular weight excluding hydrogens is 270 g/mol. The number of ether oxygens (including phenoxy) is 1. The number of nitrogens with zero attached hydrogens (tertiary/aromatic N) is 3. The van der Waals surface area contributed by atoms with Crippen LogP contribution in [0.25, 0.3) is 0 Å². The highest BCUT2D eigenvalue weighted by Crippen LogP contribution is 2.09. The lowest BCUT2D eigenvalue weighted by molar-refractivity contribution is -0.135. The number of carbonyl (C=O) groups excluding carboxylic acids is 1. The molecular formula is C15H21N3O3. The summed E-state index contributed by atoms with van der Waals surface area (Å²) in [7, 11) is 0. The van der Waals surface area contributed by atoms with E-state index < -0.39 is 0 Å². The molecule has 1 amide bonds. The van der Waals surface area contributed by atoms with E-state index in [1.165, 1.54) is 0 Å². The molecule has 0 aromatic carbocycles. The number of morpholine rings is 1. The van der Waals surface area contributed by atoms with E-state index in [-0.39, 0.29) is 12.0 Å². The molecule has 1 aliphatic rings. The van der Waals surface area contributed by atoms with Crippen LogP contribution in [0.2, 0.25) is 0 Å². The molecule has 0 aliphatic carbocycles. The molecule has 0 spiro atoms. The van der Waals surface area contributed by atoms with E-state index in [1.54, 1.807) is 17.2 Å². The van der Waals surface area contributed by atoms with Crippen molar-refractivity contribution in [2.75, 3.05) is 32.8 Å². The summed E-state index contributed by atoms with van der Waals surface area (Å²) < 4.78 is 10.8. The molecule has 0 unspecified atom stereocenters. The van der Waals surface area contributed by atoms with Gasteiger partial charge >= 0.3 is 0 Å². The van der Waals surface area contributed by atoms with Crippen molar-refractivity contribution in [2.45, 2.75) is 26.0 Å². The molecule has 0 bridgehead atoms. The van der Waals surface area contributed by atoms with E-state index >= 15 is 0 Å². The van der Waals surface area contributed by atoms with E-state index in [0.29, 0.717) is 32.7 Å². The van der Waals surface area contributed by atoms with Crippen molar-refractivity contribution in [3.63, 3.8) is 0 Å². The molecule has 1 fully saturated rings. The van der Waals surface area contributed by atoms with Crippen molar-refractivity contribution >= 4 is 5.91 Å². The quantitative estimate of drug-likeness (QED) is 0.788. The smallest absolute Gasteiger partial charge is 0.237 e. The van der Waals surface area contributed by atoms with Crippen LogP contribution in [-0.4, -0.2) is 54.6 Å². The van der Waals surface area contributed by atoms with Crippen molar-refractivity contribution < 1.29 is 13.9 Å². The van der Waals surface area contributed by atoms with Gasteiger partial charge < -0.3 is 14.1 Å². The Bertz CT molecular complexity index is 481. The number of hydrogen-bond acceptors (Lipinski definition) is 5. The van der Waals surface area contributed by atoms with E-state index in [2.05, 4.69) is 11.0 Å². The molecule has 6 nitrogen and oxygen atoms in total. The Morgan fingerprint density at radius 1 is 1.62 bits per heavy atom. The average Bonchev–Trinajstić information content (AvgIpc) is 2.96. The van der Waals surface area contributed by atoms with Gasteiger partial charge in [-0.2, -0.15) is 5.26 Å². The van der Waals surface area contributed by atoms with Crippen molar-refractivity contribution in [2.24, 2.45) is 0 Å². The van der Waals surface area contributed by atoms with Crippen molar-refractivity contribution in [3.8, 4) is 6.07 Å². The van der Waals surface area contributed by atoms with Gasteiger partial charge in [-0.1, -0.05) is 0 Å². The van der Waals surface area contributed by atoms with Gasteiger partial charge in [0, 0.05) is 19.6 Å². The van der Waals surface area contributed by atoms with Crippen molar-refractivity contribution in [3.05, 3.63) is 24.2 Å². The largest absolute Gasteiger partial charge is 0.467 e. The standard InChI is InChI=1S/C15H21N3O3/c1-13-10-17(7-9-20-13)12-15(19)18(6-3-5-16)11-14-4-2-8-21-14/h2,4,8,13H,3,6-7,9-12H2,1H3/t13-/m0/s1. The average molecular weight is 291 g/mol. The zero-order chi connectivity index (χ0) is 15.1. The molecule has 6 heteroatoms. The summed E-state index contributed by atoms with van der Waals surface area (Å²) in [6.07, 6.45) is 2.07. The molecule has 114 valence electrons. The number of nitriles is 1. The van der Waals surface area contributed by atoms with Gasteiger partial charge in [0.15, 0.2) is 0 Å². The van der Waals surface area contributed by atoms with Gasteiger partial charge in [0.05, 0.1) is 44.6 Å². The molecule has 2 rings (SSSR count).